The minimum atomic E-state index is -4.93. The number of aromatic nitrogens is 1. The van der Waals surface area contributed by atoms with Gasteiger partial charge in [-0.3, -0.25) is 4.79 Å². The molecule has 2 rings (SSSR count). The van der Waals surface area contributed by atoms with Gasteiger partial charge in [0.15, 0.2) is 6.30 Å². The van der Waals surface area contributed by atoms with Crippen LogP contribution in [0.3, 0.4) is 0 Å². The first-order chi connectivity index (χ1) is 10.3. The highest BCUT2D eigenvalue weighted by Gasteiger charge is 2.41. The van der Waals surface area contributed by atoms with E-state index in [4.69, 9.17) is 5.73 Å². The summed E-state index contributed by atoms with van der Waals surface area (Å²) in [6, 6.07) is 8.30. The second-order valence-corrected chi connectivity index (χ2v) is 4.40. The van der Waals surface area contributed by atoms with Gasteiger partial charge in [0.05, 0.1) is 0 Å². The predicted molar refractivity (Wildman–Crippen MR) is 68.4 cm³/mol. The van der Waals surface area contributed by atoms with E-state index in [9.17, 15) is 22.4 Å². The number of anilines is 1. The Bertz CT molecular complexity index is 655. The van der Waals surface area contributed by atoms with Gasteiger partial charge in [-0.25, -0.2) is 4.39 Å². The van der Waals surface area contributed by atoms with E-state index in [1.54, 1.807) is 35.6 Å². The van der Waals surface area contributed by atoms with Gasteiger partial charge in [-0.15, -0.1) is 0 Å². The van der Waals surface area contributed by atoms with Gasteiger partial charge in [-0.05, 0) is 5.56 Å². The zero-order valence-corrected chi connectivity index (χ0v) is 11.0. The Morgan fingerprint density at radius 3 is 2.55 bits per heavy atom. The quantitative estimate of drug-likeness (QED) is 0.671. The summed E-state index contributed by atoms with van der Waals surface area (Å²) in [4.78, 5) is 11.8. The molecule has 1 aromatic heterocycles. The third kappa shape index (κ3) is 3.54. The van der Waals surface area contributed by atoms with Crippen molar-refractivity contribution in [3.8, 4) is 0 Å². The average Bonchev–Trinajstić information content (AvgIpc) is 2.81. The number of rotatable bonds is 4. The summed E-state index contributed by atoms with van der Waals surface area (Å²) in [5, 5.41) is 4.49. The number of amides is 1. The second-order valence-electron chi connectivity index (χ2n) is 4.40. The van der Waals surface area contributed by atoms with Crippen molar-refractivity contribution in [2.45, 2.75) is 18.9 Å². The van der Waals surface area contributed by atoms with Crippen LogP contribution in [0, 0.1) is 0 Å². The number of benzene rings is 1. The van der Waals surface area contributed by atoms with Gasteiger partial charge >= 0.3 is 6.18 Å². The third-order valence-electron chi connectivity index (χ3n) is 2.76. The Kier molecular flexibility index (Phi) is 4.34. The number of alkyl halides is 4. The van der Waals surface area contributed by atoms with Crippen LogP contribution >= 0.6 is 0 Å². The smallest absolute Gasteiger partial charge is 0.367 e. The molecule has 118 valence electrons. The molecule has 1 unspecified atom stereocenters. The molecule has 0 aliphatic heterocycles. The maximum absolute atomic E-state index is 13.8. The SMILES string of the molecule is Nc1onc(C(F)(F)F)c1C(=O)NC(F)Cc1ccccc1. The standard InChI is InChI=1S/C13H11F4N3O2/c14-8(6-7-4-2-1-3-5-7)19-12(21)9-10(13(15,16)17)20-22-11(9)18/h1-5,8H,6,18H2,(H,19,21). The van der Waals surface area contributed by atoms with Crippen molar-refractivity contribution in [3.63, 3.8) is 0 Å². The summed E-state index contributed by atoms with van der Waals surface area (Å²) >= 11 is 0. The number of nitrogens with zero attached hydrogens (tertiary/aromatic N) is 1. The van der Waals surface area contributed by atoms with E-state index in [0.29, 0.717) is 5.56 Å². The Balaban J connectivity index is 2.11. The van der Waals surface area contributed by atoms with E-state index >= 15 is 0 Å². The number of halogens is 4. The van der Waals surface area contributed by atoms with Crippen molar-refractivity contribution in [2.75, 3.05) is 5.73 Å². The summed E-state index contributed by atoms with van der Waals surface area (Å²) in [6.07, 6.45) is -7.01. The molecule has 22 heavy (non-hydrogen) atoms. The molecule has 2 aromatic rings. The van der Waals surface area contributed by atoms with Crippen molar-refractivity contribution in [3.05, 3.63) is 47.2 Å². The fourth-order valence-corrected chi connectivity index (χ4v) is 1.80. The van der Waals surface area contributed by atoms with Crippen LogP contribution in [0.15, 0.2) is 34.9 Å². The molecule has 3 N–H and O–H groups in total. The molecule has 0 saturated carbocycles. The first-order valence-corrected chi connectivity index (χ1v) is 6.10. The molecule has 0 bridgehead atoms. The van der Waals surface area contributed by atoms with Crippen molar-refractivity contribution >= 4 is 11.8 Å². The molecular weight excluding hydrogens is 306 g/mol. The van der Waals surface area contributed by atoms with Crippen molar-refractivity contribution in [1.29, 1.82) is 0 Å². The number of hydrogen-bond donors (Lipinski definition) is 2. The Morgan fingerprint density at radius 1 is 1.32 bits per heavy atom. The Labute approximate surface area is 122 Å². The van der Waals surface area contributed by atoms with Crippen LogP contribution in [0.1, 0.15) is 21.6 Å². The van der Waals surface area contributed by atoms with Gasteiger partial charge in [0, 0.05) is 6.42 Å². The Hall–Kier alpha value is -2.58. The second kappa shape index (κ2) is 6.04. The van der Waals surface area contributed by atoms with E-state index in [0.717, 1.165) is 0 Å². The molecule has 0 spiro atoms. The highest BCUT2D eigenvalue weighted by molar-refractivity contribution is 5.99. The molecule has 9 heteroatoms. The van der Waals surface area contributed by atoms with E-state index in [1.165, 1.54) is 0 Å². The zero-order chi connectivity index (χ0) is 16.3. The van der Waals surface area contributed by atoms with Gasteiger partial charge in [-0.2, -0.15) is 13.2 Å². The molecule has 1 aromatic carbocycles. The highest BCUT2D eigenvalue weighted by Crippen LogP contribution is 2.33. The fourth-order valence-electron chi connectivity index (χ4n) is 1.80. The summed E-state index contributed by atoms with van der Waals surface area (Å²) in [5.41, 5.74) is 3.12. The van der Waals surface area contributed by atoms with Gasteiger partial charge in [0.25, 0.3) is 5.91 Å². The lowest BCUT2D eigenvalue weighted by Gasteiger charge is -2.11. The topological polar surface area (TPSA) is 81.2 Å². The number of nitrogens with two attached hydrogens (primary N) is 1. The van der Waals surface area contributed by atoms with Crippen molar-refractivity contribution in [1.82, 2.24) is 10.5 Å². The van der Waals surface area contributed by atoms with E-state index in [-0.39, 0.29) is 6.42 Å². The minimum Gasteiger partial charge on any atom is -0.367 e. The molecular formula is C13H11F4N3O2. The lowest BCUT2D eigenvalue weighted by molar-refractivity contribution is -0.143. The van der Waals surface area contributed by atoms with Gasteiger partial charge < -0.3 is 15.6 Å². The molecule has 1 atom stereocenters. The van der Waals surface area contributed by atoms with Gasteiger partial charge in [-0.1, -0.05) is 35.5 Å². The molecule has 1 heterocycles. The van der Waals surface area contributed by atoms with Crippen LogP contribution in [-0.2, 0) is 12.6 Å². The fraction of sp³-hybridized carbons (Fsp3) is 0.231. The summed E-state index contributed by atoms with van der Waals surface area (Å²) in [7, 11) is 0. The normalized spacial score (nSPS) is 12.9. The maximum Gasteiger partial charge on any atom is 0.437 e. The number of nitrogen functional groups attached to an aromatic ring is 1. The largest absolute Gasteiger partial charge is 0.437 e. The molecule has 0 fully saturated rings. The van der Waals surface area contributed by atoms with Gasteiger partial charge in [0.1, 0.15) is 5.56 Å². The van der Waals surface area contributed by atoms with E-state index < -0.39 is 35.5 Å². The molecule has 0 radical (unpaired) electrons. The van der Waals surface area contributed by atoms with E-state index in [2.05, 4.69) is 9.68 Å². The zero-order valence-electron chi connectivity index (χ0n) is 11.0. The first kappa shape index (κ1) is 15.8. The lowest BCUT2D eigenvalue weighted by Crippen LogP contribution is -2.34. The highest BCUT2D eigenvalue weighted by atomic mass is 19.4. The number of hydrogen-bond acceptors (Lipinski definition) is 4. The monoisotopic (exact) mass is 317 g/mol. The van der Waals surface area contributed by atoms with Crippen LogP contribution in [0.4, 0.5) is 23.4 Å². The molecule has 1 amide bonds. The third-order valence-corrected chi connectivity index (χ3v) is 2.76. The van der Waals surface area contributed by atoms with Crippen molar-refractivity contribution in [2.24, 2.45) is 0 Å². The average molecular weight is 317 g/mol. The van der Waals surface area contributed by atoms with Crippen LogP contribution in [0.25, 0.3) is 0 Å². The lowest BCUT2D eigenvalue weighted by atomic mass is 10.1. The predicted octanol–water partition coefficient (Wildman–Crippen LogP) is 2.54. The number of carbonyl (C=O) groups excluding carboxylic acids is 1. The molecule has 5 nitrogen and oxygen atoms in total. The van der Waals surface area contributed by atoms with Crippen LogP contribution < -0.4 is 11.1 Å². The molecule has 0 aliphatic rings. The number of carbonyl (C=O) groups is 1. The van der Waals surface area contributed by atoms with Crippen molar-refractivity contribution < 1.29 is 26.9 Å². The molecule has 0 saturated heterocycles. The number of nitrogens with one attached hydrogen (secondary N) is 1. The van der Waals surface area contributed by atoms with E-state index in [1.807, 2.05) is 0 Å². The first-order valence-electron chi connectivity index (χ1n) is 6.10. The summed E-state index contributed by atoms with van der Waals surface area (Å²) in [5.74, 6) is -2.16. The summed E-state index contributed by atoms with van der Waals surface area (Å²) in [6.45, 7) is 0. The minimum absolute atomic E-state index is 0.195. The maximum atomic E-state index is 13.8. The summed E-state index contributed by atoms with van der Waals surface area (Å²) < 4.78 is 55.9. The van der Waals surface area contributed by atoms with Crippen LogP contribution in [0.2, 0.25) is 0 Å². The Morgan fingerprint density at radius 2 is 1.95 bits per heavy atom. The van der Waals surface area contributed by atoms with Crippen LogP contribution in [-0.4, -0.2) is 17.4 Å². The molecule has 0 aliphatic carbocycles. The van der Waals surface area contributed by atoms with Crippen LogP contribution in [0.5, 0.6) is 0 Å². The van der Waals surface area contributed by atoms with Gasteiger partial charge in [0.2, 0.25) is 11.6 Å².